The summed E-state index contributed by atoms with van der Waals surface area (Å²) in [5.74, 6) is 3.01. The van der Waals surface area contributed by atoms with Crippen LogP contribution in [0.1, 0.15) is 18.6 Å². The molecule has 0 bridgehead atoms. The van der Waals surface area contributed by atoms with Crippen molar-refractivity contribution in [3.63, 3.8) is 0 Å². The van der Waals surface area contributed by atoms with Crippen LogP contribution >= 0.6 is 23.4 Å². The molecule has 4 heteroatoms. The van der Waals surface area contributed by atoms with Crippen molar-refractivity contribution in [2.75, 3.05) is 12.3 Å². The van der Waals surface area contributed by atoms with E-state index >= 15 is 0 Å². The van der Waals surface area contributed by atoms with Gasteiger partial charge in [-0.25, -0.2) is 0 Å². The van der Waals surface area contributed by atoms with Crippen LogP contribution in [0, 0.1) is 0 Å². The van der Waals surface area contributed by atoms with E-state index in [1.165, 1.54) is 12.8 Å². The normalized spacial score (nSPS) is 16.1. The van der Waals surface area contributed by atoms with Crippen LogP contribution in [-0.2, 0) is 5.75 Å². The lowest BCUT2D eigenvalue weighted by Crippen LogP contribution is -2.19. The summed E-state index contributed by atoms with van der Waals surface area (Å²) >= 11 is 7.54. The van der Waals surface area contributed by atoms with Crippen molar-refractivity contribution >= 4 is 23.4 Å². The van der Waals surface area contributed by atoms with Crippen molar-refractivity contribution in [2.24, 2.45) is 0 Å². The molecule has 0 amide bonds. The van der Waals surface area contributed by atoms with Gasteiger partial charge in [-0.15, -0.1) is 0 Å². The number of hydrogen-bond acceptors (Lipinski definition) is 3. The Kier molecular flexibility index (Phi) is 3.79. The molecule has 2 nitrogen and oxygen atoms in total. The first kappa shape index (κ1) is 10.4. The first-order valence-electron chi connectivity index (χ1n) is 4.90. The van der Waals surface area contributed by atoms with Crippen LogP contribution in [0.15, 0.2) is 16.5 Å². The number of halogens is 1. The van der Waals surface area contributed by atoms with Gasteiger partial charge in [0.1, 0.15) is 5.76 Å². The molecule has 14 heavy (non-hydrogen) atoms. The fraction of sp³-hybridized carbons (Fsp3) is 0.600. The van der Waals surface area contributed by atoms with Gasteiger partial charge in [0.25, 0.3) is 0 Å². The van der Waals surface area contributed by atoms with Crippen LogP contribution in [0.4, 0.5) is 0 Å². The summed E-state index contributed by atoms with van der Waals surface area (Å²) in [6.45, 7) is 1.10. The van der Waals surface area contributed by atoms with Crippen LogP contribution < -0.4 is 5.32 Å². The number of hydrogen-bond donors (Lipinski definition) is 1. The topological polar surface area (TPSA) is 25.2 Å². The third-order valence-corrected chi connectivity index (χ3v) is 3.31. The van der Waals surface area contributed by atoms with Crippen LogP contribution in [-0.4, -0.2) is 18.3 Å². The second-order valence-corrected chi connectivity index (χ2v) is 4.96. The Balaban J connectivity index is 1.53. The fourth-order valence-corrected chi connectivity index (χ4v) is 2.15. The summed E-state index contributed by atoms with van der Waals surface area (Å²) in [5.41, 5.74) is 0. The van der Waals surface area contributed by atoms with Gasteiger partial charge in [-0.05, 0) is 36.6 Å². The Morgan fingerprint density at radius 2 is 2.36 bits per heavy atom. The highest BCUT2D eigenvalue weighted by molar-refractivity contribution is 7.98. The Morgan fingerprint density at radius 3 is 3.00 bits per heavy atom. The van der Waals surface area contributed by atoms with Gasteiger partial charge < -0.3 is 9.73 Å². The highest BCUT2D eigenvalue weighted by Crippen LogP contribution is 2.20. The smallest absolute Gasteiger partial charge is 0.193 e. The first-order valence-corrected chi connectivity index (χ1v) is 6.43. The van der Waals surface area contributed by atoms with Gasteiger partial charge in [0.05, 0.1) is 5.75 Å². The monoisotopic (exact) mass is 231 g/mol. The molecule has 1 aliphatic rings. The molecule has 0 unspecified atom stereocenters. The number of thioether (sulfide) groups is 1. The predicted octanol–water partition coefficient (Wildman–Crippen LogP) is 2.92. The third kappa shape index (κ3) is 3.56. The highest BCUT2D eigenvalue weighted by Gasteiger charge is 2.19. The summed E-state index contributed by atoms with van der Waals surface area (Å²) in [6, 6.07) is 4.54. The molecule has 0 saturated heterocycles. The standard InChI is InChI=1S/C10H14ClNOS/c11-10-4-3-9(13-10)7-14-6-5-12-8-1-2-8/h3-4,8,12H,1-2,5-7H2. The largest absolute Gasteiger partial charge is 0.449 e. The van der Waals surface area contributed by atoms with Crippen molar-refractivity contribution in [3.05, 3.63) is 23.1 Å². The zero-order chi connectivity index (χ0) is 9.80. The van der Waals surface area contributed by atoms with Crippen molar-refractivity contribution in [3.8, 4) is 0 Å². The van der Waals surface area contributed by atoms with E-state index in [0.29, 0.717) is 5.22 Å². The van der Waals surface area contributed by atoms with Gasteiger partial charge >= 0.3 is 0 Å². The quantitative estimate of drug-likeness (QED) is 0.763. The Morgan fingerprint density at radius 1 is 1.50 bits per heavy atom. The molecule has 1 aromatic rings. The predicted molar refractivity (Wildman–Crippen MR) is 60.9 cm³/mol. The van der Waals surface area contributed by atoms with Crippen molar-refractivity contribution in [2.45, 2.75) is 24.6 Å². The molecule has 1 heterocycles. The average Bonchev–Trinajstić information content (AvgIpc) is 2.89. The molecule has 2 rings (SSSR count). The van der Waals surface area contributed by atoms with E-state index in [1.54, 1.807) is 6.07 Å². The maximum absolute atomic E-state index is 5.66. The summed E-state index contributed by atoms with van der Waals surface area (Å²) in [4.78, 5) is 0. The summed E-state index contributed by atoms with van der Waals surface area (Å²) in [7, 11) is 0. The second kappa shape index (κ2) is 5.10. The average molecular weight is 232 g/mol. The number of furan rings is 1. The molecule has 0 atom stereocenters. The molecule has 0 aliphatic heterocycles. The van der Waals surface area contributed by atoms with Gasteiger partial charge in [-0.1, -0.05) is 0 Å². The summed E-state index contributed by atoms with van der Waals surface area (Å²) in [6.07, 6.45) is 2.72. The zero-order valence-electron chi connectivity index (χ0n) is 7.96. The van der Waals surface area contributed by atoms with Crippen molar-refractivity contribution in [1.29, 1.82) is 0 Å². The molecular formula is C10H14ClNOS. The van der Waals surface area contributed by atoms with E-state index in [0.717, 1.165) is 29.9 Å². The van der Waals surface area contributed by atoms with E-state index in [9.17, 15) is 0 Å². The van der Waals surface area contributed by atoms with Crippen molar-refractivity contribution < 1.29 is 4.42 Å². The van der Waals surface area contributed by atoms with E-state index in [4.69, 9.17) is 16.0 Å². The summed E-state index contributed by atoms with van der Waals surface area (Å²) < 4.78 is 5.25. The molecule has 1 aromatic heterocycles. The maximum atomic E-state index is 5.66. The van der Waals surface area contributed by atoms with E-state index in [2.05, 4.69) is 5.32 Å². The van der Waals surface area contributed by atoms with Gasteiger partial charge in [0.2, 0.25) is 0 Å². The molecule has 0 aromatic carbocycles. The van der Waals surface area contributed by atoms with Crippen LogP contribution in [0.3, 0.4) is 0 Å². The van der Waals surface area contributed by atoms with Crippen LogP contribution in [0.5, 0.6) is 0 Å². The Bertz CT molecular complexity index is 285. The van der Waals surface area contributed by atoms with E-state index < -0.39 is 0 Å². The molecule has 1 fully saturated rings. The first-order chi connectivity index (χ1) is 6.84. The third-order valence-electron chi connectivity index (χ3n) is 2.13. The van der Waals surface area contributed by atoms with E-state index in [-0.39, 0.29) is 0 Å². The lowest BCUT2D eigenvalue weighted by atomic mass is 10.5. The molecule has 0 spiro atoms. The number of nitrogens with one attached hydrogen (secondary N) is 1. The molecule has 1 aliphatic carbocycles. The minimum absolute atomic E-state index is 0.483. The fourth-order valence-electron chi connectivity index (χ4n) is 1.22. The SMILES string of the molecule is Clc1ccc(CSCCNC2CC2)o1. The van der Waals surface area contributed by atoms with Crippen molar-refractivity contribution in [1.82, 2.24) is 5.32 Å². The maximum Gasteiger partial charge on any atom is 0.193 e. The summed E-state index contributed by atoms with van der Waals surface area (Å²) in [5, 5.41) is 3.95. The molecule has 1 N–H and O–H groups in total. The van der Waals surface area contributed by atoms with Crippen LogP contribution in [0.2, 0.25) is 5.22 Å². The minimum atomic E-state index is 0.483. The van der Waals surface area contributed by atoms with Gasteiger partial charge in [-0.3, -0.25) is 0 Å². The minimum Gasteiger partial charge on any atom is -0.449 e. The molecular weight excluding hydrogens is 218 g/mol. The van der Waals surface area contributed by atoms with Gasteiger partial charge in [-0.2, -0.15) is 11.8 Å². The molecule has 78 valence electrons. The lowest BCUT2D eigenvalue weighted by molar-refractivity contribution is 0.532. The van der Waals surface area contributed by atoms with Gasteiger partial charge in [0, 0.05) is 18.3 Å². The zero-order valence-corrected chi connectivity index (χ0v) is 9.53. The lowest BCUT2D eigenvalue weighted by Gasteiger charge is -2.00. The van der Waals surface area contributed by atoms with Gasteiger partial charge in [0.15, 0.2) is 5.22 Å². The van der Waals surface area contributed by atoms with E-state index in [1.807, 2.05) is 17.8 Å². The molecule has 0 radical (unpaired) electrons. The van der Waals surface area contributed by atoms with Crippen LogP contribution in [0.25, 0.3) is 0 Å². The second-order valence-electron chi connectivity index (χ2n) is 3.49. The highest BCUT2D eigenvalue weighted by atomic mass is 35.5. The Hall–Kier alpha value is -0.120. The Labute approximate surface area is 93.4 Å². The number of rotatable bonds is 6. The molecule has 1 saturated carbocycles.